The molecule has 3 aromatic carbocycles. The summed E-state index contributed by atoms with van der Waals surface area (Å²) in [5.74, 6) is 0.348. The monoisotopic (exact) mass is 452 g/mol. The number of amides is 1. The van der Waals surface area contributed by atoms with Crippen molar-refractivity contribution in [2.75, 3.05) is 25.0 Å². The van der Waals surface area contributed by atoms with Gasteiger partial charge in [-0.2, -0.15) is 0 Å². The van der Waals surface area contributed by atoms with Gasteiger partial charge in [0.05, 0.1) is 10.6 Å². The number of carbonyl (C=O) groups is 1. The second kappa shape index (κ2) is 9.87. The summed E-state index contributed by atoms with van der Waals surface area (Å²) >= 11 is 0. The zero-order valence-electron chi connectivity index (χ0n) is 18.8. The summed E-state index contributed by atoms with van der Waals surface area (Å²) < 4.78 is 32.5. The normalized spacial score (nSPS) is 11.1. The third-order valence-electron chi connectivity index (χ3n) is 5.21. The van der Waals surface area contributed by atoms with Crippen LogP contribution in [0.3, 0.4) is 0 Å². The zero-order chi connectivity index (χ0) is 23.3. The van der Waals surface area contributed by atoms with Crippen LogP contribution in [0.2, 0.25) is 0 Å². The average Bonchev–Trinajstić information content (AvgIpc) is 2.79. The smallest absolute Gasteiger partial charge is 0.264 e. The molecular formula is C25H28N2O4S. The Labute approximate surface area is 190 Å². The molecule has 0 aliphatic heterocycles. The van der Waals surface area contributed by atoms with E-state index in [9.17, 15) is 13.2 Å². The Balaban J connectivity index is 1.58. The second-order valence-electron chi connectivity index (χ2n) is 7.80. The van der Waals surface area contributed by atoms with Crippen LogP contribution >= 0.6 is 0 Å². The summed E-state index contributed by atoms with van der Waals surface area (Å²) in [5, 5.41) is 0. The van der Waals surface area contributed by atoms with Crippen LogP contribution in [0.25, 0.3) is 0 Å². The standard InChI is InChI=1S/C25H28N2O4S/c1-19-5-9-21(10-6-19)17-26(3)25(28)18-31-23-13-11-22(12-14-23)27(4)32(29,30)24-15-7-20(2)8-16-24/h5-16H,17-18H2,1-4H3. The van der Waals surface area contributed by atoms with Gasteiger partial charge in [0.2, 0.25) is 0 Å². The van der Waals surface area contributed by atoms with Gasteiger partial charge in [-0.3, -0.25) is 9.10 Å². The van der Waals surface area contributed by atoms with Crippen molar-refractivity contribution in [3.63, 3.8) is 0 Å². The van der Waals surface area contributed by atoms with Crippen LogP contribution in [-0.4, -0.2) is 39.9 Å². The lowest BCUT2D eigenvalue weighted by atomic mass is 10.1. The van der Waals surface area contributed by atoms with E-state index in [2.05, 4.69) is 0 Å². The van der Waals surface area contributed by atoms with E-state index in [0.29, 0.717) is 18.0 Å². The van der Waals surface area contributed by atoms with Crippen molar-refractivity contribution in [3.05, 3.63) is 89.5 Å². The van der Waals surface area contributed by atoms with Gasteiger partial charge in [0.1, 0.15) is 5.75 Å². The van der Waals surface area contributed by atoms with Crippen molar-refractivity contribution < 1.29 is 17.9 Å². The van der Waals surface area contributed by atoms with E-state index in [1.807, 2.05) is 38.1 Å². The third kappa shape index (κ3) is 5.68. The van der Waals surface area contributed by atoms with Crippen molar-refractivity contribution in [1.82, 2.24) is 4.90 Å². The number of likely N-dealkylation sites (N-methyl/N-ethyl adjacent to an activating group) is 1. The molecule has 168 valence electrons. The van der Waals surface area contributed by atoms with Gasteiger partial charge in [-0.15, -0.1) is 0 Å². The first-order valence-corrected chi connectivity index (χ1v) is 11.7. The quantitative estimate of drug-likeness (QED) is 0.515. The predicted molar refractivity (Wildman–Crippen MR) is 126 cm³/mol. The van der Waals surface area contributed by atoms with Gasteiger partial charge in [0, 0.05) is 20.6 Å². The van der Waals surface area contributed by atoms with E-state index < -0.39 is 10.0 Å². The Hall–Kier alpha value is -3.32. The molecule has 0 unspecified atom stereocenters. The molecule has 1 amide bonds. The van der Waals surface area contributed by atoms with Gasteiger partial charge in [-0.05, 0) is 55.8 Å². The maximum Gasteiger partial charge on any atom is 0.264 e. The van der Waals surface area contributed by atoms with Crippen LogP contribution < -0.4 is 9.04 Å². The number of carbonyl (C=O) groups excluding carboxylic acids is 1. The lowest BCUT2D eigenvalue weighted by molar-refractivity contribution is -0.132. The fourth-order valence-electron chi connectivity index (χ4n) is 3.07. The van der Waals surface area contributed by atoms with E-state index in [-0.39, 0.29) is 17.4 Å². The molecule has 6 nitrogen and oxygen atoms in total. The van der Waals surface area contributed by atoms with Gasteiger partial charge in [-0.25, -0.2) is 8.42 Å². The lowest BCUT2D eigenvalue weighted by Crippen LogP contribution is -2.31. The molecule has 7 heteroatoms. The minimum Gasteiger partial charge on any atom is -0.484 e. The van der Waals surface area contributed by atoms with Gasteiger partial charge < -0.3 is 9.64 Å². The Morgan fingerprint density at radius 2 is 1.34 bits per heavy atom. The number of hydrogen-bond acceptors (Lipinski definition) is 4. The molecule has 3 rings (SSSR count). The number of rotatable bonds is 8. The number of anilines is 1. The molecule has 0 heterocycles. The van der Waals surface area contributed by atoms with Crippen LogP contribution in [0.15, 0.2) is 77.7 Å². The maximum absolute atomic E-state index is 12.8. The summed E-state index contributed by atoms with van der Waals surface area (Å²) in [6.07, 6.45) is 0. The Bertz CT molecular complexity index is 1160. The largest absolute Gasteiger partial charge is 0.484 e. The fourth-order valence-corrected chi connectivity index (χ4v) is 4.27. The lowest BCUT2D eigenvalue weighted by Gasteiger charge is -2.20. The number of sulfonamides is 1. The molecule has 0 saturated heterocycles. The van der Waals surface area contributed by atoms with Gasteiger partial charge in [0.15, 0.2) is 6.61 Å². The van der Waals surface area contributed by atoms with Crippen LogP contribution in [0.5, 0.6) is 5.75 Å². The van der Waals surface area contributed by atoms with Crippen molar-refractivity contribution in [3.8, 4) is 5.75 Å². The van der Waals surface area contributed by atoms with Crippen molar-refractivity contribution in [2.45, 2.75) is 25.3 Å². The Morgan fingerprint density at radius 1 is 0.812 bits per heavy atom. The summed E-state index contributed by atoms with van der Waals surface area (Å²) in [6.45, 7) is 4.33. The summed E-state index contributed by atoms with van der Waals surface area (Å²) in [5.41, 5.74) is 3.72. The fraction of sp³-hybridized carbons (Fsp3) is 0.240. The highest BCUT2D eigenvalue weighted by atomic mass is 32.2. The first-order valence-electron chi connectivity index (χ1n) is 10.2. The molecule has 0 aromatic heterocycles. The van der Waals surface area contributed by atoms with Crippen LogP contribution in [0.1, 0.15) is 16.7 Å². The maximum atomic E-state index is 12.8. The second-order valence-corrected chi connectivity index (χ2v) is 9.77. The number of ether oxygens (including phenoxy) is 1. The molecule has 0 bridgehead atoms. The van der Waals surface area contributed by atoms with Gasteiger partial charge >= 0.3 is 0 Å². The van der Waals surface area contributed by atoms with E-state index in [1.165, 1.54) is 16.9 Å². The molecule has 0 spiro atoms. The number of aryl methyl sites for hydroxylation is 2. The highest BCUT2D eigenvalue weighted by Crippen LogP contribution is 2.24. The molecule has 0 N–H and O–H groups in total. The number of hydrogen-bond donors (Lipinski definition) is 0. The summed E-state index contributed by atoms with van der Waals surface area (Å²) in [6, 6.07) is 21.4. The summed E-state index contributed by atoms with van der Waals surface area (Å²) in [4.78, 5) is 14.2. The molecule has 0 aliphatic carbocycles. The van der Waals surface area contributed by atoms with Crippen molar-refractivity contribution in [2.24, 2.45) is 0 Å². The van der Waals surface area contributed by atoms with E-state index >= 15 is 0 Å². The zero-order valence-corrected chi connectivity index (χ0v) is 19.6. The number of nitrogens with zero attached hydrogens (tertiary/aromatic N) is 2. The highest BCUT2D eigenvalue weighted by Gasteiger charge is 2.21. The van der Waals surface area contributed by atoms with Crippen molar-refractivity contribution in [1.29, 1.82) is 0 Å². The van der Waals surface area contributed by atoms with Crippen LogP contribution in [0.4, 0.5) is 5.69 Å². The van der Waals surface area contributed by atoms with Crippen LogP contribution in [0, 0.1) is 13.8 Å². The topological polar surface area (TPSA) is 66.9 Å². The van der Waals surface area contributed by atoms with Crippen LogP contribution in [-0.2, 0) is 21.4 Å². The molecular weight excluding hydrogens is 424 g/mol. The van der Waals surface area contributed by atoms with Crippen molar-refractivity contribution >= 4 is 21.6 Å². The Kier molecular flexibility index (Phi) is 7.20. The molecule has 0 saturated carbocycles. The van der Waals surface area contributed by atoms with Gasteiger partial charge in [-0.1, -0.05) is 47.5 Å². The molecule has 0 fully saturated rings. The summed E-state index contributed by atoms with van der Waals surface area (Å²) in [7, 11) is -0.415. The highest BCUT2D eigenvalue weighted by molar-refractivity contribution is 7.92. The first-order chi connectivity index (χ1) is 15.2. The predicted octanol–water partition coefficient (Wildman–Crippen LogP) is 4.17. The molecule has 0 aliphatic rings. The first kappa shape index (κ1) is 23.3. The minimum atomic E-state index is -3.66. The van der Waals surface area contributed by atoms with E-state index in [1.54, 1.807) is 60.5 Å². The average molecular weight is 453 g/mol. The van der Waals surface area contributed by atoms with E-state index in [0.717, 1.165) is 11.1 Å². The third-order valence-corrected chi connectivity index (χ3v) is 7.01. The SMILES string of the molecule is Cc1ccc(CN(C)C(=O)COc2ccc(N(C)S(=O)(=O)c3ccc(C)cc3)cc2)cc1. The number of benzene rings is 3. The molecule has 0 radical (unpaired) electrons. The molecule has 3 aromatic rings. The minimum absolute atomic E-state index is 0.0980. The van der Waals surface area contributed by atoms with E-state index in [4.69, 9.17) is 4.74 Å². The molecule has 32 heavy (non-hydrogen) atoms. The molecule has 0 atom stereocenters. The Morgan fingerprint density at radius 3 is 1.91 bits per heavy atom. The van der Waals surface area contributed by atoms with Gasteiger partial charge in [0.25, 0.3) is 15.9 Å².